The Kier molecular flexibility index (Phi) is 6.65. The van der Waals surface area contributed by atoms with Crippen molar-refractivity contribution in [1.29, 1.82) is 0 Å². The zero-order valence-corrected chi connectivity index (χ0v) is 13.8. The van der Waals surface area contributed by atoms with E-state index in [1.807, 2.05) is 24.3 Å². The van der Waals surface area contributed by atoms with Crippen LogP contribution in [0.2, 0.25) is 0 Å². The van der Waals surface area contributed by atoms with Gasteiger partial charge in [-0.15, -0.1) is 0 Å². The number of carbonyl (C=O) groups is 1. The fourth-order valence-corrected chi connectivity index (χ4v) is 2.36. The van der Waals surface area contributed by atoms with Crippen molar-refractivity contribution < 1.29 is 9.90 Å². The predicted octanol–water partition coefficient (Wildman–Crippen LogP) is 2.77. The van der Waals surface area contributed by atoms with E-state index in [4.69, 9.17) is 5.11 Å². The molecule has 1 aromatic rings. The highest BCUT2D eigenvalue weighted by Gasteiger charge is 2.24. The largest absolute Gasteiger partial charge is 0.396 e. The van der Waals surface area contributed by atoms with Gasteiger partial charge < -0.3 is 15.7 Å². The molecule has 1 amide bonds. The van der Waals surface area contributed by atoms with E-state index in [9.17, 15) is 4.79 Å². The lowest BCUT2D eigenvalue weighted by molar-refractivity contribution is -0.115. The molecule has 0 aromatic heterocycles. The molecule has 0 saturated heterocycles. The Morgan fingerprint density at radius 2 is 2.10 bits per heavy atom. The summed E-state index contributed by atoms with van der Waals surface area (Å²) in [5.74, 6) is -0.0877. The first-order valence-corrected chi connectivity index (χ1v) is 7.52. The zero-order chi connectivity index (χ0) is 15.2. The SMILES string of the molecule is CC(C)(C)C(CCO)NCC(=O)Nc1cccc(Br)c1. The Morgan fingerprint density at radius 1 is 1.40 bits per heavy atom. The summed E-state index contributed by atoms with van der Waals surface area (Å²) < 4.78 is 0.927. The van der Waals surface area contributed by atoms with Gasteiger partial charge in [-0.3, -0.25) is 4.79 Å². The van der Waals surface area contributed by atoms with E-state index in [-0.39, 0.29) is 30.5 Å². The van der Waals surface area contributed by atoms with E-state index >= 15 is 0 Å². The maximum absolute atomic E-state index is 11.9. The topological polar surface area (TPSA) is 61.4 Å². The third kappa shape index (κ3) is 6.03. The number of aliphatic hydroxyl groups excluding tert-OH is 1. The summed E-state index contributed by atoms with van der Waals surface area (Å²) in [5.41, 5.74) is 0.763. The van der Waals surface area contributed by atoms with Gasteiger partial charge in [0.15, 0.2) is 0 Å². The van der Waals surface area contributed by atoms with Crippen LogP contribution in [0.15, 0.2) is 28.7 Å². The Balaban J connectivity index is 2.50. The molecular formula is C15H23BrN2O2. The maximum atomic E-state index is 11.9. The third-order valence-electron chi connectivity index (χ3n) is 3.08. The molecule has 20 heavy (non-hydrogen) atoms. The molecule has 0 fully saturated rings. The minimum Gasteiger partial charge on any atom is -0.396 e. The van der Waals surface area contributed by atoms with Crippen molar-refractivity contribution in [2.75, 3.05) is 18.5 Å². The molecular weight excluding hydrogens is 320 g/mol. The number of hydrogen-bond acceptors (Lipinski definition) is 3. The quantitative estimate of drug-likeness (QED) is 0.744. The number of benzene rings is 1. The summed E-state index contributed by atoms with van der Waals surface area (Å²) in [5, 5.41) is 15.1. The van der Waals surface area contributed by atoms with Gasteiger partial charge in [0.25, 0.3) is 0 Å². The summed E-state index contributed by atoms with van der Waals surface area (Å²) in [6, 6.07) is 7.58. The van der Waals surface area contributed by atoms with Crippen molar-refractivity contribution in [2.45, 2.75) is 33.2 Å². The highest BCUT2D eigenvalue weighted by Crippen LogP contribution is 2.21. The van der Waals surface area contributed by atoms with Crippen LogP contribution in [-0.2, 0) is 4.79 Å². The maximum Gasteiger partial charge on any atom is 0.238 e. The Labute approximate surface area is 129 Å². The predicted molar refractivity (Wildman–Crippen MR) is 85.7 cm³/mol. The monoisotopic (exact) mass is 342 g/mol. The van der Waals surface area contributed by atoms with Crippen molar-refractivity contribution in [3.8, 4) is 0 Å². The van der Waals surface area contributed by atoms with Gasteiger partial charge in [-0.2, -0.15) is 0 Å². The molecule has 1 rings (SSSR count). The number of halogens is 1. The molecule has 0 aliphatic heterocycles. The number of hydrogen-bond donors (Lipinski definition) is 3. The van der Waals surface area contributed by atoms with Crippen LogP contribution in [0.5, 0.6) is 0 Å². The fourth-order valence-electron chi connectivity index (χ4n) is 1.96. The van der Waals surface area contributed by atoms with Crippen LogP contribution in [0.4, 0.5) is 5.69 Å². The van der Waals surface area contributed by atoms with E-state index in [1.165, 1.54) is 0 Å². The lowest BCUT2D eigenvalue weighted by Crippen LogP contribution is -2.44. The van der Waals surface area contributed by atoms with Crippen LogP contribution in [0, 0.1) is 5.41 Å². The van der Waals surface area contributed by atoms with Gasteiger partial charge in [0.2, 0.25) is 5.91 Å². The first kappa shape index (κ1) is 17.1. The first-order valence-electron chi connectivity index (χ1n) is 6.72. The lowest BCUT2D eigenvalue weighted by Gasteiger charge is -2.31. The second-order valence-corrected chi connectivity index (χ2v) is 6.79. The molecule has 4 nitrogen and oxygen atoms in total. The number of amides is 1. The van der Waals surface area contributed by atoms with Gasteiger partial charge in [0.05, 0.1) is 6.54 Å². The summed E-state index contributed by atoms with van der Waals surface area (Å²) in [4.78, 5) is 11.9. The first-order chi connectivity index (χ1) is 9.32. The molecule has 1 aromatic carbocycles. The minimum atomic E-state index is -0.0877. The summed E-state index contributed by atoms with van der Waals surface area (Å²) in [6.07, 6.45) is 0.633. The van der Waals surface area contributed by atoms with Gasteiger partial charge in [0.1, 0.15) is 0 Å². The smallest absolute Gasteiger partial charge is 0.238 e. The zero-order valence-electron chi connectivity index (χ0n) is 12.2. The molecule has 0 aliphatic carbocycles. The Bertz CT molecular complexity index is 444. The highest BCUT2D eigenvalue weighted by atomic mass is 79.9. The van der Waals surface area contributed by atoms with Crippen molar-refractivity contribution in [3.63, 3.8) is 0 Å². The molecule has 5 heteroatoms. The average molecular weight is 343 g/mol. The van der Waals surface area contributed by atoms with Gasteiger partial charge >= 0.3 is 0 Å². The molecule has 0 bridgehead atoms. The number of rotatable bonds is 6. The molecule has 0 spiro atoms. The fraction of sp³-hybridized carbons (Fsp3) is 0.533. The molecule has 0 saturated carbocycles. The molecule has 112 valence electrons. The molecule has 0 aliphatic rings. The van der Waals surface area contributed by atoms with Crippen LogP contribution in [-0.4, -0.2) is 30.2 Å². The molecule has 3 N–H and O–H groups in total. The van der Waals surface area contributed by atoms with Crippen LogP contribution in [0.25, 0.3) is 0 Å². The van der Waals surface area contributed by atoms with E-state index in [1.54, 1.807) is 0 Å². The van der Waals surface area contributed by atoms with Crippen LogP contribution < -0.4 is 10.6 Å². The van der Waals surface area contributed by atoms with Crippen LogP contribution in [0.3, 0.4) is 0 Å². The summed E-state index contributed by atoms with van der Waals surface area (Å²) in [6.45, 7) is 6.61. The van der Waals surface area contributed by atoms with Crippen molar-refractivity contribution in [3.05, 3.63) is 28.7 Å². The number of aliphatic hydroxyl groups is 1. The van der Waals surface area contributed by atoms with Crippen molar-refractivity contribution in [1.82, 2.24) is 5.32 Å². The average Bonchev–Trinajstić information content (AvgIpc) is 2.33. The van der Waals surface area contributed by atoms with Gasteiger partial charge in [-0.1, -0.05) is 42.8 Å². The number of carbonyl (C=O) groups excluding carboxylic acids is 1. The minimum absolute atomic E-state index is 0.00121. The van der Waals surface area contributed by atoms with E-state index in [2.05, 4.69) is 47.3 Å². The second-order valence-electron chi connectivity index (χ2n) is 5.87. The van der Waals surface area contributed by atoms with E-state index in [0.717, 1.165) is 10.2 Å². The van der Waals surface area contributed by atoms with Gasteiger partial charge in [-0.05, 0) is 30.0 Å². The number of anilines is 1. The van der Waals surface area contributed by atoms with E-state index in [0.29, 0.717) is 6.42 Å². The summed E-state index contributed by atoms with van der Waals surface area (Å²) in [7, 11) is 0. The van der Waals surface area contributed by atoms with E-state index < -0.39 is 0 Å². The van der Waals surface area contributed by atoms with Gasteiger partial charge in [0, 0.05) is 22.8 Å². The lowest BCUT2D eigenvalue weighted by atomic mass is 9.85. The third-order valence-corrected chi connectivity index (χ3v) is 3.57. The van der Waals surface area contributed by atoms with Crippen LogP contribution >= 0.6 is 15.9 Å². The summed E-state index contributed by atoms with van der Waals surface area (Å²) >= 11 is 3.37. The highest BCUT2D eigenvalue weighted by molar-refractivity contribution is 9.10. The van der Waals surface area contributed by atoms with Crippen molar-refractivity contribution >= 4 is 27.5 Å². The Hall–Kier alpha value is -0.910. The normalized spacial score (nSPS) is 13.1. The standard InChI is InChI=1S/C15H23BrN2O2/c1-15(2,3)13(7-8-19)17-10-14(20)18-12-6-4-5-11(16)9-12/h4-6,9,13,17,19H,7-8,10H2,1-3H3,(H,18,20). The van der Waals surface area contributed by atoms with Gasteiger partial charge in [-0.25, -0.2) is 0 Å². The van der Waals surface area contributed by atoms with Crippen molar-refractivity contribution in [2.24, 2.45) is 5.41 Å². The number of nitrogens with one attached hydrogen (secondary N) is 2. The molecule has 0 heterocycles. The van der Waals surface area contributed by atoms with Crippen LogP contribution in [0.1, 0.15) is 27.2 Å². The molecule has 1 unspecified atom stereocenters. The second kappa shape index (κ2) is 7.76. The molecule has 1 atom stereocenters. The Morgan fingerprint density at radius 3 is 2.65 bits per heavy atom. The molecule has 0 radical (unpaired) electrons.